The molecule has 0 spiro atoms. The van der Waals surface area contributed by atoms with Crippen LogP contribution in [0.4, 0.5) is 17.1 Å². The molecule has 0 aliphatic carbocycles. The van der Waals surface area contributed by atoms with Gasteiger partial charge in [0, 0.05) is 18.0 Å². The summed E-state index contributed by atoms with van der Waals surface area (Å²) in [6.45, 7) is 6.69. The maximum absolute atomic E-state index is 12.0. The maximum atomic E-state index is 12.0. The first-order valence-electron chi connectivity index (χ1n) is 11.5. The normalized spacial score (nSPS) is 16.1. The molecule has 186 valence electrons. The van der Waals surface area contributed by atoms with Gasteiger partial charge in [0.25, 0.3) is 0 Å². The highest BCUT2D eigenvalue weighted by atomic mass is 32.2. The average Bonchev–Trinajstić information content (AvgIpc) is 2.78. The SMILES string of the molecule is CCCN(c1ccc(C(C)(C)CC(=O)O)cc1Nc1cnc(OC)nc1)C1CCS(=O)(=O)CC1. The van der Waals surface area contributed by atoms with Crippen LogP contribution in [0.2, 0.25) is 0 Å². The van der Waals surface area contributed by atoms with Crippen LogP contribution in [-0.2, 0) is 20.0 Å². The van der Waals surface area contributed by atoms with Gasteiger partial charge < -0.3 is 20.1 Å². The van der Waals surface area contributed by atoms with Gasteiger partial charge in [-0.15, -0.1) is 0 Å². The first kappa shape index (κ1) is 25.7. The van der Waals surface area contributed by atoms with E-state index < -0.39 is 21.2 Å². The quantitative estimate of drug-likeness (QED) is 0.512. The maximum Gasteiger partial charge on any atom is 0.316 e. The van der Waals surface area contributed by atoms with E-state index in [1.165, 1.54) is 7.11 Å². The molecule has 1 aromatic carbocycles. The van der Waals surface area contributed by atoms with E-state index >= 15 is 0 Å². The number of ether oxygens (including phenoxy) is 1. The van der Waals surface area contributed by atoms with Crippen LogP contribution >= 0.6 is 0 Å². The largest absolute Gasteiger partial charge is 0.481 e. The van der Waals surface area contributed by atoms with E-state index in [1.54, 1.807) is 12.4 Å². The van der Waals surface area contributed by atoms with Crippen LogP contribution in [0.1, 0.15) is 52.0 Å². The number of anilines is 3. The Labute approximate surface area is 201 Å². The monoisotopic (exact) mass is 490 g/mol. The fraction of sp³-hybridized carbons (Fsp3) is 0.542. The lowest BCUT2D eigenvalue weighted by molar-refractivity contribution is -0.138. The van der Waals surface area contributed by atoms with Gasteiger partial charge in [-0.25, -0.2) is 18.4 Å². The van der Waals surface area contributed by atoms with Gasteiger partial charge in [0.05, 0.1) is 54.5 Å². The minimum atomic E-state index is -2.98. The number of hydrogen-bond donors (Lipinski definition) is 2. The number of methoxy groups -OCH3 is 1. The molecule has 0 radical (unpaired) electrons. The Bertz CT molecular complexity index is 1090. The fourth-order valence-electron chi connectivity index (χ4n) is 4.36. The van der Waals surface area contributed by atoms with Gasteiger partial charge >= 0.3 is 12.0 Å². The third-order valence-corrected chi connectivity index (χ3v) is 7.92. The second-order valence-corrected chi connectivity index (χ2v) is 11.6. The number of aliphatic carboxylic acids is 1. The second kappa shape index (κ2) is 10.6. The van der Waals surface area contributed by atoms with Crippen molar-refractivity contribution in [1.82, 2.24) is 9.97 Å². The van der Waals surface area contributed by atoms with Gasteiger partial charge in [0.1, 0.15) is 9.84 Å². The summed E-state index contributed by atoms with van der Waals surface area (Å²) < 4.78 is 29.1. The number of nitrogens with zero attached hydrogens (tertiary/aromatic N) is 3. The zero-order valence-electron chi connectivity index (χ0n) is 20.2. The van der Waals surface area contributed by atoms with E-state index in [0.717, 1.165) is 29.9 Å². The van der Waals surface area contributed by atoms with E-state index in [2.05, 4.69) is 27.1 Å². The smallest absolute Gasteiger partial charge is 0.316 e. The summed E-state index contributed by atoms with van der Waals surface area (Å²) in [7, 11) is -1.47. The van der Waals surface area contributed by atoms with Crippen molar-refractivity contribution in [2.24, 2.45) is 0 Å². The lowest BCUT2D eigenvalue weighted by atomic mass is 9.81. The second-order valence-electron chi connectivity index (χ2n) is 9.35. The van der Waals surface area contributed by atoms with Crippen molar-refractivity contribution in [2.45, 2.75) is 57.9 Å². The topological polar surface area (TPSA) is 122 Å². The molecule has 2 N–H and O–H groups in total. The standard InChI is InChI=1S/C24H34N4O5S/c1-5-10-28(19-8-11-34(31,32)12-9-19)21-7-6-17(24(2,3)14-22(29)30)13-20(21)27-18-15-25-23(33-4)26-16-18/h6-7,13,15-16,19,27H,5,8-12,14H2,1-4H3,(H,29,30). The van der Waals surface area contributed by atoms with Crippen LogP contribution < -0.4 is 15.0 Å². The molecule has 0 saturated carbocycles. The molecule has 3 rings (SSSR count). The van der Waals surface area contributed by atoms with Gasteiger partial charge in [0.2, 0.25) is 0 Å². The average molecular weight is 491 g/mol. The van der Waals surface area contributed by atoms with Gasteiger partial charge in [-0.05, 0) is 37.0 Å². The Morgan fingerprint density at radius 3 is 2.44 bits per heavy atom. The summed E-state index contributed by atoms with van der Waals surface area (Å²) in [6.07, 6.45) is 5.32. The molecule has 1 aliphatic rings. The molecule has 1 saturated heterocycles. The molecule has 0 atom stereocenters. The summed E-state index contributed by atoms with van der Waals surface area (Å²) in [5.74, 6) is -0.476. The number of aromatic nitrogens is 2. The lowest BCUT2D eigenvalue weighted by Gasteiger charge is -2.37. The lowest BCUT2D eigenvalue weighted by Crippen LogP contribution is -2.42. The number of sulfone groups is 1. The van der Waals surface area contributed by atoms with Gasteiger partial charge in [0.15, 0.2) is 0 Å². The van der Waals surface area contributed by atoms with Gasteiger partial charge in [-0.1, -0.05) is 26.8 Å². The van der Waals surface area contributed by atoms with Gasteiger partial charge in [-0.2, -0.15) is 0 Å². The molecular weight excluding hydrogens is 456 g/mol. The van der Waals surface area contributed by atoms with Crippen molar-refractivity contribution in [3.05, 3.63) is 36.2 Å². The highest BCUT2D eigenvalue weighted by Gasteiger charge is 2.30. The van der Waals surface area contributed by atoms with Crippen LogP contribution in [0.25, 0.3) is 0 Å². The fourth-order valence-corrected chi connectivity index (χ4v) is 5.83. The summed E-state index contributed by atoms with van der Waals surface area (Å²) in [5.41, 5.74) is 2.71. The van der Waals surface area contributed by atoms with Crippen molar-refractivity contribution in [1.29, 1.82) is 0 Å². The van der Waals surface area contributed by atoms with E-state index in [1.807, 2.05) is 32.0 Å². The Morgan fingerprint density at radius 1 is 1.24 bits per heavy atom. The Morgan fingerprint density at radius 2 is 1.88 bits per heavy atom. The molecule has 0 unspecified atom stereocenters. The van der Waals surface area contributed by atoms with Crippen LogP contribution in [0, 0.1) is 0 Å². The van der Waals surface area contributed by atoms with Gasteiger partial charge in [-0.3, -0.25) is 4.79 Å². The van der Waals surface area contributed by atoms with Crippen molar-refractivity contribution in [3.63, 3.8) is 0 Å². The first-order valence-corrected chi connectivity index (χ1v) is 13.3. The summed E-state index contributed by atoms with van der Waals surface area (Å²) in [5, 5.41) is 12.8. The van der Waals surface area contributed by atoms with E-state index in [9.17, 15) is 18.3 Å². The molecule has 2 heterocycles. The Kier molecular flexibility index (Phi) is 8.01. The molecule has 0 bridgehead atoms. The molecule has 2 aromatic rings. The third kappa shape index (κ3) is 6.37. The minimum Gasteiger partial charge on any atom is -0.481 e. The molecule has 9 nitrogen and oxygen atoms in total. The minimum absolute atomic E-state index is 0.00338. The molecule has 0 amide bonds. The zero-order valence-corrected chi connectivity index (χ0v) is 21.1. The number of nitrogens with one attached hydrogen (secondary N) is 1. The highest BCUT2D eigenvalue weighted by molar-refractivity contribution is 7.91. The van der Waals surface area contributed by atoms with Crippen LogP contribution in [-0.4, -0.2) is 60.7 Å². The number of benzene rings is 1. The van der Waals surface area contributed by atoms with Crippen LogP contribution in [0.15, 0.2) is 30.6 Å². The van der Waals surface area contributed by atoms with E-state index in [4.69, 9.17) is 4.74 Å². The van der Waals surface area contributed by atoms with Crippen molar-refractivity contribution in [3.8, 4) is 6.01 Å². The highest BCUT2D eigenvalue weighted by Crippen LogP contribution is 2.38. The molecular formula is C24H34N4O5S. The first-order chi connectivity index (χ1) is 16.0. The predicted octanol–water partition coefficient (Wildman–Crippen LogP) is 3.77. The van der Waals surface area contributed by atoms with Crippen molar-refractivity contribution >= 4 is 32.9 Å². The molecule has 1 aliphatic heterocycles. The summed E-state index contributed by atoms with van der Waals surface area (Å²) >= 11 is 0. The van der Waals surface area contributed by atoms with E-state index in [-0.39, 0.29) is 30.0 Å². The van der Waals surface area contributed by atoms with E-state index in [0.29, 0.717) is 18.5 Å². The Balaban J connectivity index is 2.03. The molecule has 1 aromatic heterocycles. The number of rotatable bonds is 10. The zero-order chi connectivity index (χ0) is 24.9. The Hall–Kier alpha value is -2.88. The molecule has 34 heavy (non-hydrogen) atoms. The van der Waals surface area contributed by atoms with Crippen molar-refractivity contribution < 1.29 is 23.1 Å². The predicted molar refractivity (Wildman–Crippen MR) is 133 cm³/mol. The van der Waals surface area contributed by atoms with Crippen LogP contribution in [0.5, 0.6) is 6.01 Å². The molecule has 1 fully saturated rings. The number of carboxylic acids is 1. The molecule has 10 heteroatoms. The van der Waals surface area contributed by atoms with Crippen LogP contribution in [0.3, 0.4) is 0 Å². The third-order valence-electron chi connectivity index (χ3n) is 6.20. The van der Waals surface area contributed by atoms with Crippen molar-refractivity contribution in [2.75, 3.05) is 35.4 Å². The number of carbonyl (C=O) groups is 1. The summed E-state index contributed by atoms with van der Waals surface area (Å²) in [6, 6.07) is 6.32. The number of carboxylic acid groups (broad SMARTS) is 1. The summed E-state index contributed by atoms with van der Waals surface area (Å²) in [4.78, 5) is 22.0. The number of hydrogen-bond acceptors (Lipinski definition) is 8.